The second kappa shape index (κ2) is 33.6. The first-order valence-electron chi connectivity index (χ1n) is 30.4. The monoisotopic (exact) mass is 1120 g/mol. The van der Waals surface area contributed by atoms with Crippen molar-refractivity contribution in [2.24, 2.45) is 11.8 Å². The first-order valence-corrected chi connectivity index (χ1v) is 30.4. The van der Waals surface area contributed by atoms with Gasteiger partial charge in [0.05, 0.1) is 64.0 Å². The standard InChI is InChI=1S/C70H88O12/c1-55-65-63(69(81-55,57-29-19-15-20-30-57)58-31-21-16-22-32-58)37-27-13-11-9-7-5-3-4-6-8-10-12-14-28-38-64-66(56(2)82-70(64,59-33-23-17-24-34-59)60-35-25-18-26-36-60)68(72)80-54-50-76-46-44-74-48-52-78-62-41-39-61(40-42-62)77-51-47-73-43-45-75-49-53-79-67(65)71/h15-26,29-36,39-42,63-64H,3-14,27-28,37-38,43-54H2,1-2H3. The molecule has 2 atom stereocenters. The van der Waals surface area contributed by atoms with Crippen LogP contribution in [0.2, 0.25) is 0 Å². The molecule has 82 heavy (non-hydrogen) atoms. The van der Waals surface area contributed by atoms with Crippen molar-refractivity contribution in [3.8, 4) is 11.5 Å². The molecule has 4 aliphatic heterocycles. The van der Waals surface area contributed by atoms with Crippen molar-refractivity contribution in [3.63, 3.8) is 0 Å². The van der Waals surface area contributed by atoms with Crippen LogP contribution in [0.4, 0.5) is 0 Å². The number of benzene rings is 5. The van der Waals surface area contributed by atoms with Crippen molar-refractivity contribution >= 4 is 11.9 Å². The molecule has 0 aliphatic carbocycles. The van der Waals surface area contributed by atoms with E-state index < -0.39 is 11.2 Å². The Morgan fingerprint density at radius 1 is 0.305 bits per heavy atom. The Hall–Kier alpha value is -6.44. The van der Waals surface area contributed by atoms with Gasteiger partial charge in [-0.25, -0.2) is 9.59 Å². The lowest BCUT2D eigenvalue weighted by Crippen LogP contribution is -2.37. The highest BCUT2D eigenvalue weighted by Crippen LogP contribution is 2.55. The summed E-state index contributed by atoms with van der Waals surface area (Å²) in [6, 6.07) is 48.7. The molecule has 0 aromatic heterocycles. The van der Waals surface area contributed by atoms with Crippen molar-refractivity contribution in [2.75, 3.05) is 79.3 Å². The van der Waals surface area contributed by atoms with E-state index in [2.05, 4.69) is 48.5 Å². The van der Waals surface area contributed by atoms with Crippen LogP contribution in [0.25, 0.3) is 0 Å². The first-order chi connectivity index (χ1) is 40.4. The summed E-state index contributed by atoms with van der Waals surface area (Å²) in [5.41, 5.74) is 3.60. The Bertz CT molecular complexity index is 2430. The Morgan fingerprint density at radius 3 is 0.829 bits per heavy atom. The largest absolute Gasteiger partial charge is 0.491 e. The van der Waals surface area contributed by atoms with Gasteiger partial charge < -0.3 is 47.4 Å². The summed E-state index contributed by atoms with van der Waals surface area (Å²) < 4.78 is 60.6. The normalized spacial score (nSPS) is 21.9. The smallest absolute Gasteiger partial charge is 0.337 e. The summed E-state index contributed by atoms with van der Waals surface area (Å²) in [6.45, 7) is 7.57. The molecule has 0 radical (unpaired) electrons. The lowest BCUT2D eigenvalue weighted by atomic mass is 9.72. The molecule has 12 nitrogen and oxygen atoms in total. The van der Waals surface area contributed by atoms with Crippen molar-refractivity contribution in [1.29, 1.82) is 0 Å². The van der Waals surface area contributed by atoms with E-state index >= 15 is 0 Å². The maximum Gasteiger partial charge on any atom is 0.337 e. The average Bonchev–Trinajstić information content (AvgIpc) is 4.09. The van der Waals surface area contributed by atoms with Crippen LogP contribution in [0.1, 0.15) is 139 Å². The van der Waals surface area contributed by atoms with E-state index in [-0.39, 0.29) is 50.2 Å². The minimum absolute atomic E-state index is 0.125. The third kappa shape index (κ3) is 17.1. The number of fused-ring (bicyclic) bond motifs is 37. The second-order valence-corrected chi connectivity index (χ2v) is 21.6. The van der Waals surface area contributed by atoms with Gasteiger partial charge in [-0.3, -0.25) is 0 Å². The molecule has 0 N–H and O–H groups in total. The molecule has 12 heteroatoms. The number of carbonyl (C=O) groups excluding carboxylic acids is 2. The van der Waals surface area contributed by atoms with Gasteiger partial charge in [0.1, 0.15) is 49.4 Å². The van der Waals surface area contributed by atoms with E-state index in [0.29, 0.717) is 87.0 Å². The van der Waals surface area contributed by atoms with Gasteiger partial charge in [0.2, 0.25) is 0 Å². The van der Waals surface area contributed by atoms with Crippen LogP contribution in [0.5, 0.6) is 11.5 Å². The Morgan fingerprint density at radius 2 is 0.549 bits per heavy atom. The van der Waals surface area contributed by atoms with E-state index in [1.807, 2.05) is 111 Å². The molecule has 0 saturated carbocycles. The van der Waals surface area contributed by atoms with Gasteiger partial charge >= 0.3 is 11.9 Å². The molecule has 9 rings (SSSR count). The SMILES string of the molecule is CC1=C2C(=O)OCCOCCOCCOc3ccc(cc3)OCCOCCOCCOC(=O)C3=C(C)OC(c4ccccc4)(c4ccccc4)C3CCCCCCCCCCCCCCCCC2C(c2ccccc2)(c2ccccc2)O1. The highest BCUT2D eigenvalue weighted by atomic mass is 16.6. The van der Waals surface area contributed by atoms with E-state index in [0.717, 1.165) is 73.6 Å². The molecule has 5 aromatic carbocycles. The lowest BCUT2D eigenvalue weighted by molar-refractivity contribution is -0.142. The summed E-state index contributed by atoms with van der Waals surface area (Å²) in [6.07, 6.45) is 17.9. The molecule has 4 aliphatic rings. The maximum absolute atomic E-state index is 14.1. The molecular weight excluding hydrogens is 1030 g/mol. The van der Waals surface area contributed by atoms with E-state index in [1.165, 1.54) is 51.4 Å². The number of carbonyl (C=O) groups is 2. The summed E-state index contributed by atoms with van der Waals surface area (Å²) >= 11 is 0. The fraction of sp³-hybridized carbons (Fsp3) is 0.486. The Labute approximate surface area is 487 Å². The van der Waals surface area contributed by atoms with Crippen LogP contribution in [-0.2, 0) is 58.7 Å². The number of hydrogen-bond donors (Lipinski definition) is 0. The van der Waals surface area contributed by atoms with E-state index in [9.17, 15) is 9.59 Å². The van der Waals surface area contributed by atoms with Crippen LogP contribution >= 0.6 is 0 Å². The number of esters is 2. The molecule has 0 amide bonds. The predicted molar refractivity (Wildman–Crippen MR) is 318 cm³/mol. The maximum atomic E-state index is 14.1. The van der Waals surface area contributed by atoms with Gasteiger partial charge in [-0.1, -0.05) is 211 Å². The summed E-state index contributed by atoms with van der Waals surface area (Å²) in [7, 11) is 0. The molecule has 4 heterocycles. The zero-order valence-electron chi connectivity index (χ0n) is 48.7. The van der Waals surface area contributed by atoms with Gasteiger partial charge in [-0.15, -0.1) is 0 Å². The van der Waals surface area contributed by atoms with Crippen molar-refractivity contribution in [2.45, 2.75) is 128 Å². The summed E-state index contributed by atoms with van der Waals surface area (Å²) in [5.74, 6) is 1.46. The van der Waals surface area contributed by atoms with E-state index in [1.54, 1.807) is 0 Å². The molecule has 0 saturated heterocycles. The molecule has 0 fully saturated rings. The second-order valence-electron chi connectivity index (χ2n) is 21.6. The van der Waals surface area contributed by atoms with Crippen LogP contribution < -0.4 is 9.47 Å². The number of allylic oxidation sites excluding steroid dienone is 2. The molecule has 5 aromatic rings. The number of hydrogen-bond acceptors (Lipinski definition) is 12. The fourth-order valence-electron chi connectivity index (χ4n) is 12.1. The van der Waals surface area contributed by atoms with Gasteiger partial charge in [-0.05, 0) is 51.0 Å². The van der Waals surface area contributed by atoms with Crippen LogP contribution in [0.3, 0.4) is 0 Å². The van der Waals surface area contributed by atoms with Crippen LogP contribution in [0.15, 0.2) is 168 Å². The molecule has 0 spiro atoms. The molecule has 440 valence electrons. The van der Waals surface area contributed by atoms with Gasteiger partial charge in [0.25, 0.3) is 0 Å². The van der Waals surface area contributed by atoms with Crippen molar-refractivity contribution in [1.82, 2.24) is 0 Å². The average molecular weight is 1120 g/mol. The quantitative estimate of drug-likeness (QED) is 0.126. The topological polar surface area (TPSA) is 126 Å². The Balaban J connectivity index is 0.852. The Kier molecular flexibility index (Phi) is 25.3. The van der Waals surface area contributed by atoms with Crippen molar-refractivity contribution in [3.05, 3.63) is 191 Å². The highest BCUT2D eigenvalue weighted by molar-refractivity contribution is 5.91. The lowest BCUT2D eigenvalue weighted by Gasteiger charge is -2.37. The van der Waals surface area contributed by atoms with Gasteiger partial charge in [-0.2, -0.15) is 0 Å². The molecular formula is C70H88O12. The third-order valence-electron chi connectivity index (χ3n) is 16.0. The zero-order valence-corrected chi connectivity index (χ0v) is 48.7. The van der Waals surface area contributed by atoms with Crippen molar-refractivity contribution < 1.29 is 57.0 Å². The summed E-state index contributed by atoms with van der Waals surface area (Å²) in [4.78, 5) is 28.2. The first kappa shape index (κ1) is 61.6. The predicted octanol–water partition coefficient (Wildman–Crippen LogP) is 14.6. The molecule has 2 bridgehead atoms. The van der Waals surface area contributed by atoms with Gasteiger partial charge in [0, 0.05) is 34.1 Å². The molecule has 2 unspecified atom stereocenters. The highest BCUT2D eigenvalue weighted by Gasteiger charge is 2.54. The van der Waals surface area contributed by atoms with Crippen LogP contribution in [-0.4, -0.2) is 91.2 Å². The van der Waals surface area contributed by atoms with Crippen LogP contribution in [0, 0.1) is 11.8 Å². The van der Waals surface area contributed by atoms with Gasteiger partial charge in [0.15, 0.2) is 11.2 Å². The fourth-order valence-corrected chi connectivity index (χ4v) is 12.1. The van der Waals surface area contributed by atoms with E-state index in [4.69, 9.17) is 47.4 Å². The number of rotatable bonds is 4. The summed E-state index contributed by atoms with van der Waals surface area (Å²) in [5, 5.41) is 0. The number of ether oxygens (including phenoxy) is 10. The minimum atomic E-state index is -0.854. The minimum Gasteiger partial charge on any atom is -0.491 e. The third-order valence-corrected chi connectivity index (χ3v) is 16.0. The zero-order chi connectivity index (χ0) is 56.9.